The second-order valence-corrected chi connectivity index (χ2v) is 6.48. The number of nitrogens with one attached hydrogen (secondary N) is 1. The number of nitrogen functional groups attached to an aromatic ring is 1. The first-order valence-electron chi connectivity index (χ1n) is 8.91. The molecule has 0 aliphatic carbocycles. The monoisotopic (exact) mass is 381 g/mol. The molecule has 0 saturated carbocycles. The Labute approximate surface area is 163 Å². The van der Waals surface area contributed by atoms with E-state index >= 15 is 0 Å². The van der Waals surface area contributed by atoms with E-state index in [-0.39, 0.29) is 24.1 Å². The summed E-state index contributed by atoms with van der Waals surface area (Å²) in [5.41, 5.74) is 8.81. The van der Waals surface area contributed by atoms with Crippen molar-refractivity contribution < 1.29 is 19.1 Å². The fraction of sp³-hybridized carbons (Fsp3) is 0.238. The van der Waals surface area contributed by atoms with Crippen molar-refractivity contribution in [2.45, 2.75) is 6.92 Å². The lowest BCUT2D eigenvalue weighted by Crippen LogP contribution is -2.44. The zero-order valence-electron chi connectivity index (χ0n) is 15.9. The first-order valence-corrected chi connectivity index (χ1v) is 8.91. The fourth-order valence-corrected chi connectivity index (χ4v) is 2.79. The number of hydrogen-bond donors (Lipinski definition) is 2. The van der Waals surface area contributed by atoms with Gasteiger partial charge in [0.2, 0.25) is 5.91 Å². The van der Waals surface area contributed by atoms with E-state index in [0.29, 0.717) is 30.3 Å². The highest BCUT2D eigenvalue weighted by atomic mass is 16.5. The van der Waals surface area contributed by atoms with Gasteiger partial charge < -0.3 is 20.5 Å². The molecule has 1 aliphatic rings. The number of ether oxygens (including phenoxy) is 2. The molecule has 1 heterocycles. The van der Waals surface area contributed by atoms with Gasteiger partial charge in [0.25, 0.3) is 5.91 Å². The number of methoxy groups -OCH3 is 1. The Morgan fingerprint density at radius 2 is 2.00 bits per heavy atom. The van der Waals surface area contributed by atoms with E-state index in [1.807, 2.05) is 31.2 Å². The van der Waals surface area contributed by atoms with Gasteiger partial charge >= 0.3 is 0 Å². The Hall–Kier alpha value is -3.32. The number of fused-ring (bicyclic) bond motifs is 1. The van der Waals surface area contributed by atoms with Crippen molar-refractivity contribution in [3.63, 3.8) is 0 Å². The standard InChI is InChI=1S/C21H23N3O4/c1-14-3-5-15(6-4-14)11-19-21(26)24(13-20(25)23-9-10-27-2)17-8-7-16(22)12-18(17)28-19/h3-8,11-12H,9-10,13,22H2,1-2H3,(H,23,25)/b19-11+. The van der Waals surface area contributed by atoms with Gasteiger partial charge in [0.1, 0.15) is 6.54 Å². The molecule has 0 aromatic heterocycles. The summed E-state index contributed by atoms with van der Waals surface area (Å²) in [4.78, 5) is 26.7. The minimum Gasteiger partial charge on any atom is -0.449 e. The number of nitrogens with zero attached hydrogens (tertiary/aromatic N) is 1. The number of amides is 2. The Morgan fingerprint density at radius 3 is 2.71 bits per heavy atom. The van der Waals surface area contributed by atoms with E-state index in [1.165, 1.54) is 4.90 Å². The molecular weight excluding hydrogens is 358 g/mol. The van der Waals surface area contributed by atoms with Crippen LogP contribution in [0.5, 0.6) is 5.75 Å². The Bertz CT molecular complexity index is 906. The number of nitrogens with two attached hydrogens (primary N) is 1. The maximum Gasteiger partial charge on any atom is 0.294 e. The molecule has 28 heavy (non-hydrogen) atoms. The van der Waals surface area contributed by atoms with E-state index in [4.69, 9.17) is 15.2 Å². The van der Waals surface area contributed by atoms with Crippen molar-refractivity contribution in [1.82, 2.24) is 5.32 Å². The van der Waals surface area contributed by atoms with Crippen molar-refractivity contribution in [3.8, 4) is 5.75 Å². The molecular formula is C21H23N3O4. The third-order valence-corrected chi connectivity index (χ3v) is 4.26. The van der Waals surface area contributed by atoms with Crippen molar-refractivity contribution >= 4 is 29.3 Å². The first-order chi connectivity index (χ1) is 13.5. The summed E-state index contributed by atoms with van der Waals surface area (Å²) >= 11 is 0. The molecule has 7 nitrogen and oxygen atoms in total. The highest BCUT2D eigenvalue weighted by Gasteiger charge is 2.31. The van der Waals surface area contributed by atoms with Crippen LogP contribution in [0.2, 0.25) is 0 Å². The lowest BCUT2D eigenvalue weighted by atomic mass is 10.1. The van der Waals surface area contributed by atoms with Crippen LogP contribution in [-0.2, 0) is 14.3 Å². The van der Waals surface area contributed by atoms with Crippen molar-refractivity contribution in [3.05, 3.63) is 59.4 Å². The number of carbonyl (C=O) groups is 2. The normalized spacial score (nSPS) is 14.6. The van der Waals surface area contributed by atoms with Gasteiger partial charge in [-0.25, -0.2) is 0 Å². The fourth-order valence-electron chi connectivity index (χ4n) is 2.79. The number of hydrogen-bond acceptors (Lipinski definition) is 5. The zero-order chi connectivity index (χ0) is 20.1. The molecule has 146 valence electrons. The average Bonchev–Trinajstić information content (AvgIpc) is 2.67. The summed E-state index contributed by atoms with van der Waals surface area (Å²) in [5, 5.41) is 2.72. The van der Waals surface area contributed by atoms with Crippen LogP contribution in [0.4, 0.5) is 11.4 Å². The zero-order valence-corrected chi connectivity index (χ0v) is 15.9. The van der Waals surface area contributed by atoms with Gasteiger partial charge in [-0.3, -0.25) is 14.5 Å². The van der Waals surface area contributed by atoms with Gasteiger partial charge in [-0.1, -0.05) is 29.8 Å². The van der Waals surface area contributed by atoms with Gasteiger partial charge in [-0.2, -0.15) is 0 Å². The number of aryl methyl sites for hydroxylation is 1. The van der Waals surface area contributed by atoms with Gasteiger partial charge in [-0.05, 0) is 30.7 Å². The molecule has 7 heteroatoms. The third kappa shape index (κ3) is 4.50. The summed E-state index contributed by atoms with van der Waals surface area (Å²) < 4.78 is 10.7. The van der Waals surface area contributed by atoms with Crippen LogP contribution in [0, 0.1) is 6.92 Å². The highest BCUT2D eigenvalue weighted by molar-refractivity contribution is 6.12. The molecule has 0 radical (unpaired) electrons. The lowest BCUT2D eigenvalue weighted by molar-refractivity contribution is -0.123. The number of rotatable bonds is 6. The van der Waals surface area contributed by atoms with Crippen molar-refractivity contribution in [1.29, 1.82) is 0 Å². The first kappa shape index (κ1) is 19.4. The maximum atomic E-state index is 13.0. The minimum atomic E-state index is -0.389. The Balaban J connectivity index is 1.90. The summed E-state index contributed by atoms with van der Waals surface area (Å²) in [7, 11) is 1.56. The third-order valence-electron chi connectivity index (χ3n) is 4.26. The van der Waals surface area contributed by atoms with Crippen LogP contribution in [0.1, 0.15) is 11.1 Å². The number of benzene rings is 2. The molecule has 2 amide bonds. The predicted molar refractivity (Wildman–Crippen MR) is 108 cm³/mol. The Kier molecular flexibility index (Phi) is 5.96. The van der Waals surface area contributed by atoms with Crippen LogP contribution >= 0.6 is 0 Å². The second-order valence-electron chi connectivity index (χ2n) is 6.48. The smallest absolute Gasteiger partial charge is 0.294 e. The largest absolute Gasteiger partial charge is 0.449 e. The van der Waals surface area contributed by atoms with Gasteiger partial charge in [-0.15, -0.1) is 0 Å². The van der Waals surface area contributed by atoms with E-state index < -0.39 is 0 Å². The molecule has 2 aromatic carbocycles. The van der Waals surface area contributed by atoms with Crippen LogP contribution in [0.3, 0.4) is 0 Å². The summed E-state index contributed by atoms with van der Waals surface area (Å²) in [5.74, 6) is -0.112. The molecule has 0 atom stereocenters. The molecule has 0 bridgehead atoms. The van der Waals surface area contributed by atoms with Crippen molar-refractivity contribution in [2.24, 2.45) is 0 Å². The van der Waals surface area contributed by atoms with E-state index in [1.54, 1.807) is 31.4 Å². The molecule has 0 unspecified atom stereocenters. The summed E-state index contributed by atoms with van der Waals surface area (Å²) in [6, 6.07) is 12.7. The highest BCUT2D eigenvalue weighted by Crippen LogP contribution is 2.37. The quantitative estimate of drug-likeness (QED) is 0.454. The minimum absolute atomic E-state index is 0.131. The molecule has 1 aliphatic heterocycles. The maximum absolute atomic E-state index is 13.0. The molecule has 3 rings (SSSR count). The van der Waals surface area contributed by atoms with Crippen LogP contribution in [0.25, 0.3) is 6.08 Å². The lowest BCUT2D eigenvalue weighted by Gasteiger charge is -2.30. The van der Waals surface area contributed by atoms with Crippen LogP contribution in [-0.4, -0.2) is 38.6 Å². The SMILES string of the molecule is COCCNC(=O)CN1C(=O)/C(=C\c2ccc(C)cc2)Oc2cc(N)ccc21. The van der Waals surface area contributed by atoms with Gasteiger partial charge in [0.15, 0.2) is 11.5 Å². The van der Waals surface area contributed by atoms with Gasteiger partial charge in [0, 0.05) is 25.4 Å². The van der Waals surface area contributed by atoms with E-state index in [0.717, 1.165) is 11.1 Å². The van der Waals surface area contributed by atoms with Gasteiger partial charge in [0.05, 0.1) is 12.3 Å². The average molecular weight is 381 g/mol. The Morgan fingerprint density at radius 1 is 1.25 bits per heavy atom. The molecule has 0 fully saturated rings. The van der Waals surface area contributed by atoms with Crippen LogP contribution < -0.4 is 20.7 Å². The molecule has 0 saturated heterocycles. The topological polar surface area (TPSA) is 93.9 Å². The second kappa shape index (κ2) is 8.58. The molecule has 3 N–H and O–H groups in total. The summed E-state index contributed by atoms with van der Waals surface area (Å²) in [6.45, 7) is 2.62. The molecule has 2 aromatic rings. The predicted octanol–water partition coefficient (Wildman–Crippen LogP) is 2.11. The number of carbonyl (C=O) groups excluding carboxylic acids is 2. The van der Waals surface area contributed by atoms with E-state index in [2.05, 4.69) is 5.32 Å². The molecule has 0 spiro atoms. The summed E-state index contributed by atoms with van der Waals surface area (Å²) in [6.07, 6.45) is 1.66. The number of anilines is 2. The van der Waals surface area contributed by atoms with Crippen LogP contribution in [0.15, 0.2) is 48.2 Å². The van der Waals surface area contributed by atoms with E-state index in [9.17, 15) is 9.59 Å². The van der Waals surface area contributed by atoms with Crippen molar-refractivity contribution in [2.75, 3.05) is 37.4 Å².